The molecular weight excluding hydrogens is 640 g/mol. The molecule has 2 aromatic carbocycles. The Balaban J connectivity index is 1.33. The second-order valence-electron chi connectivity index (χ2n) is 11.7. The number of carbonyl (C=O) groups is 1. The molecule has 1 N–H and O–H groups in total. The molecule has 4 heterocycles. The average Bonchev–Trinajstić information content (AvgIpc) is 3.70. The van der Waals surface area contributed by atoms with Gasteiger partial charge in [0.2, 0.25) is 0 Å². The number of aromatic nitrogens is 5. The number of hydrogen-bond acceptors (Lipinski definition) is 9. The van der Waals surface area contributed by atoms with Crippen molar-refractivity contribution in [2.75, 3.05) is 19.8 Å². The van der Waals surface area contributed by atoms with Crippen molar-refractivity contribution in [1.82, 2.24) is 24.7 Å². The van der Waals surface area contributed by atoms with Gasteiger partial charge in [0, 0.05) is 22.4 Å². The Hall–Kier alpha value is -4.20. The largest absolute Gasteiger partial charge is 0.478 e. The lowest BCUT2D eigenvalue weighted by Crippen LogP contribution is -2.27. The third-order valence-corrected chi connectivity index (χ3v) is 9.07. The molecular formula is C32H30ClF2N5O5S. The van der Waals surface area contributed by atoms with Crippen LogP contribution in [0.4, 0.5) is 8.78 Å². The minimum atomic E-state index is -1.23. The third-order valence-electron chi connectivity index (χ3n) is 7.91. The van der Waals surface area contributed by atoms with Crippen LogP contribution in [0, 0.1) is 24.0 Å². The van der Waals surface area contributed by atoms with Crippen LogP contribution in [-0.2, 0) is 17.8 Å². The normalized spacial score (nSPS) is 15.8. The van der Waals surface area contributed by atoms with E-state index in [9.17, 15) is 14.3 Å². The molecule has 1 fully saturated rings. The molecule has 0 saturated carbocycles. The molecule has 46 heavy (non-hydrogen) atoms. The van der Waals surface area contributed by atoms with E-state index in [1.807, 2.05) is 38.3 Å². The van der Waals surface area contributed by atoms with Crippen LogP contribution in [0.1, 0.15) is 59.1 Å². The maximum absolute atomic E-state index is 15.2. The first-order valence-corrected chi connectivity index (χ1v) is 15.7. The molecule has 0 spiro atoms. The lowest BCUT2D eigenvalue weighted by atomic mass is 9.87. The number of halogens is 3. The number of imidazole rings is 1. The Morgan fingerprint density at radius 2 is 1.96 bits per heavy atom. The lowest BCUT2D eigenvalue weighted by Gasteiger charge is -2.28. The van der Waals surface area contributed by atoms with E-state index in [1.165, 1.54) is 23.5 Å². The van der Waals surface area contributed by atoms with Gasteiger partial charge >= 0.3 is 5.97 Å². The van der Waals surface area contributed by atoms with Crippen molar-refractivity contribution in [3.63, 3.8) is 0 Å². The molecule has 1 aliphatic rings. The Kier molecular flexibility index (Phi) is 8.66. The summed E-state index contributed by atoms with van der Waals surface area (Å²) in [6.45, 7) is 9.08. The lowest BCUT2D eigenvalue weighted by molar-refractivity contribution is 0.0696. The molecule has 1 aliphatic heterocycles. The Bertz CT molecular complexity index is 1960. The van der Waals surface area contributed by atoms with Crippen LogP contribution in [0.2, 0.25) is 5.02 Å². The van der Waals surface area contributed by atoms with Gasteiger partial charge in [-0.05, 0) is 55.3 Å². The van der Waals surface area contributed by atoms with Gasteiger partial charge in [0.05, 0.1) is 42.6 Å². The first-order chi connectivity index (χ1) is 21.9. The van der Waals surface area contributed by atoms with Crippen molar-refractivity contribution in [2.24, 2.45) is 5.41 Å². The zero-order chi connectivity index (χ0) is 32.7. The molecule has 0 bridgehead atoms. The van der Waals surface area contributed by atoms with Crippen molar-refractivity contribution in [3.8, 4) is 22.3 Å². The summed E-state index contributed by atoms with van der Waals surface area (Å²) in [5.41, 5.74) is 2.62. The minimum Gasteiger partial charge on any atom is -0.478 e. The van der Waals surface area contributed by atoms with E-state index in [4.69, 9.17) is 25.8 Å². The quantitative estimate of drug-likeness (QED) is 0.167. The van der Waals surface area contributed by atoms with E-state index in [2.05, 4.69) is 20.2 Å². The Labute approximate surface area is 271 Å². The number of pyridine rings is 1. The monoisotopic (exact) mass is 669 g/mol. The molecule has 1 unspecified atom stereocenters. The number of ether oxygens (including phenoxy) is 3. The van der Waals surface area contributed by atoms with Crippen molar-refractivity contribution in [2.45, 2.75) is 46.8 Å². The summed E-state index contributed by atoms with van der Waals surface area (Å²) in [4.78, 5) is 20.8. The summed E-state index contributed by atoms with van der Waals surface area (Å²) in [5.74, 6) is -2.25. The number of carboxylic acids is 1. The van der Waals surface area contributed by atoms with Crippen LogP contribution in [0.3, 0.4) is 0 Å². The van der Waals surface area contributed by atoms with Gasteiger partial charge in [-0.3, -0.25) is 0 Å². The van der Waals surface area contributed by atoms with Crippen LogP contribution in [0.25, 0.3) is 22.3 Å². The van der Waals surface area contributed by atoms with Crippen molar-refractivity contribution < 1.29 is 32.9 Å². The molecule has 1 atom stereocenters. The van der Waals surface area contributed by atoms with E-state index in [0.29, 0.717) is 57.6 Å². The Morgan fingerprint density at radius 3 is 2.67 bits per heavy atom. The fourth-order valence-electron chi connectivity index (χ4n) is 5.58. The predicted octanol–water partition coefficient (Wildman–Crippen LogP) is 7.05. The van der Waals surface area contributed by atoms with Crippen LogP contribution in [-0.4, -0.2) is 55.6 Å². The van der Waals surface area contributed by atoms with Gasteiger partial charge < -0.3 is 23.9 Å². The molecule has 14 heteroatoms. The number of aromatic carboxylic acids is 1. The molecule has 3 aromatic heterocycles. The molecule has 0 radical (unpaired) electrons. The van der Waals surface area contributed by atoms with Gasteiger partial charge in [-0.25, -0.2) is 23.5 Å². The third kappa shape index (κ3) is 6.14. The number of fused-ring (bicyclic) bond motifs is 1. The fourth-order valence-corrected chi connectivity index (χ4v) is 6.47. The highest BCUT2D eigenvalue weighted by atomic mass is 35.5. The summed E-state index contributed by atoms with van der Waals surface area (Å²) in [5, 5.41) is 18.8. The van der Waals surface area contributed by atoms with Crippen molar-refractivity contribution in [3.05, 3.63) is 80.6 Å². The van der Waals surface area contributed by atoms with Crippen molar-refractivity contribution in [1.29, 1.82) is 0 Å². The van der Waals surface area contributed by atoms with Gasteiger partial charge in [-0.15, -0.1) is 5.10 Å². The maximum atomic E-state index is 15.2. The maximum Gasteiger partial charge on any atom is 0.335 e. The SMILES string of the molecule is CCOc1nnc(COc2nc(-c3cc(Cl)c(Cc4nc5c(F)cc(C(=O)O)cc5n4C4COCC4(C)C)cc3C)ccc2F)s1. The molecule has 6 rings (SSSR count). The van der Waals surface area contributed by atoms with Gasteiger partial charge in [-0.1, -0.05) is 48.0 Å². The van der Waals surface area contributed by atoms with Gasteiger partial charge in [0.1, 0.15) is 17.9 Å². The predicted molar refractivity (Wildman–Crippen MR) is 168 cm³/mol. The second kappa shape index (κ2) is 12.5. The second-order valence-corrected chi connectivity index (χ2v) is 13.1. The van der Waals surface area contributed by atoms with Crippen LogP contribution < -0.4 is 9.47 Å². The summed E-state index contributed by atoms with van der Waals surface area (Å²) in [7, 11) is 0. The number of benzene rings is 2. The highest BCUT2D eigenvalue weighted by Crippen LogP contribution is 2.41. The smallest absolute Gasteiger partial charge is 0.335 e. The number of hydrogen-bond donors (Lipinski definition) is 1. The number of rotatable bonds is 10. The zero-order valence-electron chi connectivity index (χ0n) is 25.4. The molecule has 5 aromatic rings. The first-order valence-electron chi connectivity index (χ1n) is 14.5. The molecule has 240 valence electrons. The van der Waals surface area contributed by atoms with Gasteiger partial charge in [0.15, 0.2) is 16.6 Å². The summed E-state index contributed by atoms with van der Waals surface area (Å²) < 4.78 is 48.5. The zero-order valence-corrected chi connectivity index (χ0v) is 27.0. The van der Waals surface area contributed by atoms with E-state index in [-0.39, 0.29) is 41.4 Å². The summed E-state index contributed by atoms with van der Waals surface area (Å²) in [6, 6.07) is 8.66. The van der Waals surface area contributed by atoms with Gasteiger partial charge in [-0.2, -0.15) is 0 Å². The van der Waals surface area contributed by atoms with Crippen LogP contribution >= 0.6 is 22.9 Å². The molecule has 0 amide bonds. The van der Waals surface area contributed by atoms with Crippen molar-refractivity contribution >= 4 is 39.9 Å². The van der Waals surface area contributed by atoms with Crippen LogP contribution in [0.15, 0.2) is 36.4 Å². The standard InChI is InChI=1S/C32H30ClF2N5O5S/c1-5-44-31-39-38-27(46-31)14-45-29-21(34)6-7-23(36-29)19-12-20(33)17(8-16(19)2)11-26-37-28-22(35)9-18(30(41)42)10-24(28)40(26)25-13-43-15-32(25,3)4/h6-10,12,25H,5,11,13-15H2,1-4H3,(H,41,42). The summed E-state index contributed by atoms with van der Waals surface area (Å²) >= 11 is 8.04. The minimum absolute atomic E-state index is 0.0326. The number of carboxylic acid groups (broad SMARTS) is 1. The fraction of sp³-hybridized carbons (Fsp3) is 0.344. The first kappa shape index (κ1) is 31.8. The highest BCUT2D eigenvalue weighted by molar-refractivity contribution is 7.13. The van der Waals surface area contributed by atoms with E-state index >= 15 is 4.39 Å². The topological polar surface area (TPSA) is 121 Å². The van der Waals surface area contributed by atoms with E-state index < -0.39 is 17.6 Å². The molecule has 1 saturated heterocycles. The van der Waals surface area contributed by atoms with Crippen LogP contribution in [0.5, 0.6) is 11.1 Å². The van der Waals surface area contributed by atoms with E-state index in [0.717, 1.165) is 17.2 Å². The summed E-state index contributed by atoms with van der Waals surface area (Å²) in [6.07, 6.45) is 0.236. The highest BCUT2D eigenvalue weighted by Gasteiger charge is 2.39. The number of nitrogens with zero attached hydrogens (tertiary/aromatic N) is 5. The molecule has 10 nitrogen and oxygen atoms in total. The Morgan fingerprint density at radius 1 is 1.15 bits per heavy atom. The molecule has 0 aliphatic carbocycles. The number of aryl methyl sites for hydroxylation is 1. The van der Waals surface area contributed by atoms with Gasteiger partial charge in [0.25, 0.3) is 11.1 Å². The average molecular weight is 670 g/mol. The van der Waals surface area contributed by atoms with E-state index in [1.54, 1.807) is 12.1 Å².